The molecule has 0 bridgehead atoms. The van der Waals surface area contributed by atoms with Crippen LogP contribution in [0.25, 0.3) is 0 Å². The van der Waals surface area contributed by atoms with Crippen LogP contribution in [0.3, 0.4) is 0 Å². The maximum Gasteiger partial charge on any atom is 0.530 e. The smallest absolute Gasteiger partial charge is 0.530 e. The fourth-order valence-corrected chi connectivity index (χ4v) is 2.75. The number of benzene rings is 3. The fraction of sp³-hybridized carbons (Fsp3) is 0. The van der Waals surface area contributed by atoms with Crippen molar-refractivity contribution in [3.63, 3.8) is 0 Å². The van der Waals surface area contributed by atoms with Gasteiger partial charge in [-0.2, -0.15) is 0 Å². The Morgan fingerprint density at radius 2 is 0.667 bits per heavy atom. The fourth-order valence-electron chi connectivity index (χ4n) is 1.76. The zero-order valence-electron chi connectivity index (χ0n) is 12.6. The van der Waals surface area contributed by atoms with Gasteiger partial charge in [-0.3, -0.25) is 0 Å². The van der Waals surface area contributed by atoms with Crippen molar-refractivity contribution < 1.29 is 38.4 Å². The molecule has 0 heterocycles. The Bertz CT molecular complexity index is 586. The van der Waals surface area contributed by atoms with E-state index < -0.39 is 8.60 Å². The van der Waals surface area contributed by atoms with E-state index in [-0.39, 0.29) is 24.8 Å². The van der Waals surface area contributed by atoms with Crippen molar-refractivity contribution in [2.24, 2.45) is 0 Å². The largest absolute Gasteiger partial charge is 1.00 e. The SMILES string of the molecule is [Cl-].[Cl-].c1ccc(OP(Oc2ccccc2)Oc2ccccc2)cc1. The van der Waals surface area contributed by atoms with Gasteiger partial charge in [0.05, 0.1) is 0 Å². The summed E-state index contributed by atoms with van der Waals surface area (Å²) in [6.07, 6.45) is 0. The molecule has 24 heavy (non-hydrogen) atoms. The van der Waals surface area contributed by atoms with Gasteiger partial charge >= 0.3 is 8.60 Å². The van der Waals surface area contributed by atoms with Gasteiger partial charge in [-0.25, -0.2) is 0 Å². The minimum atomic E-state index is -1.59. The van der Waals surface area contributed by atoms with Gasteiger partial charge in [0.1, 0.15) is 17.2 Å². The molecule has 0 amide bonds. The Hall–Kier alpha value is -1.93. The molecule has 0 unspecified atom stereocenters. The van der Waals surface area contributed by atoms with Crippen molar-refractivity contribution in [1.82, 2.24) is 0 Å². The summed E-state index contributed by atoms with van der Waals surface area (Å²) in [4.78, 5) is 0. The van der Waals surface area contributed by atoms with Gasteiger partial charge in [0.15, 0.2) is 0 Å². The lowest BCUT2D eigenvalue weighted by Gasteiger charge is -2.17. The van der Waals surface area contributed by atoms with Gasteiger partial charge in [-0.05, 0) is 36.4 Å². The molecule has 0 aliphatic heterocycles. The Kier molecular flexibility index (Phi) is 9.03. The molecule has 0 aliphatic rings. The van der Waals surface area contributed by atoms with Crippen LogP contribution in [-0.4, -0.2) is 0 Å². The number of hydrogen-bond donors (Lipinski definition) is 0. The van der Waals surface area contributed by atoms with E-state index in [1.807, 2.05) is 91.0 Å². The highest BCUT2D eigenvalue weighted by molar-refractivity contribution is 7.43. The highest BCUT2D eigenvalue weighted by atomic mass is 35.5. The molecule has 0 spiro atoms. The van der Waals surface area contributed by atoms with E-state index in [0.29, 0.717) is 17.2 Å². The molecule has 0 radical (unpaired) electrons. The number of halogens is 2. The first-order valence-corrected chi connectivity index (χ1v) is 7.99. The molecule has 126 valence electrons. The molecular formula is C18H15Cl2O3P-2. The molecule has 0 fully saturated rings. The van der Waals surface area contributed by atoms with E-state index in [9.17, 15) is 0 Å². The summed E-state index contributed by atoms with van der Waals surface area (Å²) in [7, 11) is -1.59. The van der Waals surface area contributed by atoms with Gasteiger partial charge in [0.2, 0.25) is 0 Å². The third-order valence-electron chi connectivity index (χ3n) is 2.77. The zero-order valence-corrected chi connectivity index (χ0v) is 15.0. The van der Waals surface area contributed by atoms with Crippen LogP contribution in [0, 0.1) is 0 Å². The average molecular weight is 381 g/mol. The molecule has 3 rings (SSSR count). The summed E-state index contributed by atoms with van der Waals surface area (Å²) in [5.41, 5.74) is 0. The summed E-state index contributed by atoms with van der Waals surface area (Å²) in [6, 6.07) is 28.5. The predicted octanol–water partition coefficient (Wildman–Crippen LogP) is -0.542. The van der Waals surface area contributed by atoms with Crippen LogP contribution in [-0.2, 0) is 0 Å². The third-order valence-corrected chi connectivity index (χ3v) is 3.85. The van der Waals surface area contributed by atoms with Gasteiger partial charge in [0.25, 0.3) is 0 Å². The van der Waals surface area contributed by atoms with Crippen LogP contribution in [0.5, 0.6) is 17.2 Å². The molecule has 0 N–H and O–H groups in total. The normalized spacial score (nSPS) is 9.38. The summed E-state index contributed by atoms with van der Waals surface area (Å²) in [5.74, 6) is 2.13. The van der Waals surface area contributed by atoms with Crippen LogP contribution in [0.2, 0.25) is 0 Å². The number of para-hydroxylation sites is 3. The average Bonchev–Trinajstić information content (AvgIpc) is 2.57. The quantitative estimate of drug-likeness (QED) is 0.537. The molecule has 0 aliphatic carbocycles. The standard InChI is InChI=1S/C18H15O3P.2ClH/c1-4-10-16(11-5-1)19-22(20-17-12-6-2-7-13-17)21-18-14-8-3-9-15-18;;/h1-15H;2*1H/p-2. The van der Waals surface area contributed by atoms with E-state index in [1.54, 1.807) is 0 Å². The minimum absolute atomic E-state index is 0. The van der Waals surface area contributed by atoms with Crippen LogP contribution in [0.4, 0.5) is 0 Å². The lowest BCUT2D eigenvalue weighted by atomic mass is 10.3. The molecule has 0 atom stereocenters. The van der Waals surface area contributed by atoms with E-state index in [0.717, 1.165) is 0 Å². The topological polar surface area (TPSA) is 27.7 Å². The van der Waals surface area contributed by atoms with Crippen LogP contribution >= 0.6 is 8.60 Å². The van der Waals surface area contributed by atoms with Crippen molar-refractivity contribution in [3.05, 3.63) is 91.0 Å². The molecule has 0 aromatic heterocycles. The van der Waals surface area contributed by atoms with Crippen LogP contribution in [0.15, 0.2) is 91.0 Å². The van der Waals surface area contributed by atoms with Crippen molar-refractivity contribution in [2.45, 2.75) is 0 Å². The maximum atomic E-state index is 5.84. The first-order valence-electron chi connectivity index (χ1n) is 6.89. The van der Waals surface area contributed by atoms with Crippen LogP contribution in [0.1, 0.15) is 0 Å². The van der Waals surface area contributed by atoms with Crippen molar-refractivity contribution in [1.29, 1.82) is 0 Å². The van der Waals surface area contributed by atoms with E-state index >= 15 is 0 Å². The third kappa shape index (κ3) is 6.29. The summed E-state index contributed by atoms with van der Waals surface area (Å²) < 4.78 is 17.5. The van der Waals surface area contributed by atoms with Crippen molar-refractivity contribution >= 4 is 8.60 Å². The van der Waals surface area contributed by atoms with Gasteiger partial charge < -0.3 is 38.4 Å². The molecule has 0 saturated carbocycles. The van der Waals surface area contributed by atoms with E-state index in [2.05, 4.69) is 0 Å². The van der Waals surface area contributed by atoms with Crippen molar-refractivity contribution in [3.8, 4) is 17.2 Å². The highest BCUT2D eigenvalue weighted by Crippen LogP contribution is 2.41. The van der Waals surface area contributed by atoms with E-state index in [4.69, 9.17) is 13.6 Å². The Labute approximate surface area is 155 Å². The summed E-state index contributed by atoms with van der Waals surface area (Å²) in [5, 5.41) is 0. The molecule has 0 saturated heterocycles. The van der Waals surface area contributed by atoms with E-state index in [1.165, 1.54) is 0 Å². The predicted molar refractivity (Wildman–Crippen MR) is 88.1 cm³/mol. The van der Waals surface area contributed by atoms with Crippen molar-refractivity contribution in [2.75, 3.05) is 0 Å². The van der Waals surface area contributed by atoms with Gasteiger partial charge in [0, 0.05) is 0 Å². The first kappa shape index (κ1) is 20.1. The molecule has 3 nitrogen and oxygen atoms in total. The molecule has 3 aromatic rings. The van der Waals surface area contributed by atoms with Crippen LogP contribution < -0.4 is 38.4 Å². The Balaban J connectivity index is 0.00000144. The number of rotatable bonds is 6. The number of hydrogen-bond acceptors (Lipinski definition) is 3. The second-order valence-corrected chi connectivity index (χ2v) is 5.43. The highest BCUT2D eigenvalue weighted by Gasteiger charge is 2.19. The lowest BCUT2D eigenvalue weighted by molar-refractivity contribution is -0.00100. The summed E-state index contributed by atoms with van der Waals surface area (Å²) >= 11 is 0. The lowest BCUT2D eigenvalue weighted by Crippen LogP contribution is -3.00. The second kappa shape index (κ2) is 10.8. The molecule has 6 heteroatoms. The summed E-state index contributed by atoms with van der Waals surface area (Å²) in [6.45, 7) is 0. The Morgan fingerprint density at radius 1 is 0.417 bits per heavy atom. The minimum Gasteiger partial charge on any atom is -1.00 e. The zero-order chi connectivity index (χ0) is 15.0. The molecule has 3 aromatic carbocycles. The second-order valence-electron chi connectivity index (χ2n) is 4.44. The monoisotopic (exact) mass is 380 g/mol. The first-order chi connectivity index (χ1) is 10.9. The maximum absolute atomic E-state index is 5.84. The Morgan fingerprint density at radius 3 is 0.917 bits per heavy atom. The van der Waals surface area contributed by atoms with Gasteiger partial charge in [-0.1, -0.05) is 54.6 Å². The van der Waals surface area contributed by atoms with Gasteiger partial charge in [-0.15, -0.1) is 0 Å². The molecular weight excluding hydrogens is 366 g/mol.